The molecule has 0 unspecified atom stereocenters. The number of carbonyl (C=O) groups excluding carboxylic acids is 2. The highest BCUT2D eigenvalue weighted by Gasteiger charge is 2.24. The maximum atomic E-state index is 11.7. The van der Waals surface area contributed by atoms with Gasteiger partial charge in [-0.05, 0) is 17.9 Å². The third-order valence-electron chi connectivity index (χ3n) is 3.30. The van der Waals surface area contributed by atoms with Crippen LogP contribution in [0.3, 0.4) is 0 Å². The Kier molecular flexibility index (Phi) is 12.0. The lowest BCUT2D eigenvalue weighted by molar-refractivity contribution is -0.126. The fourth-order valence-corrected chi connectivity index (χ4v) is 1.72. The first-order chi connectivity index (χ1) is 10.1. The summed E-state index contributed by atoms with van der Waals surface area (Å²) in [5.41, 5.74) is 0.0632. The molecule has 0 atom stereocenters. The molecule has 0 rings (SSSR count). The SMILES string of the molecule is CC.CCC(C)(C)COCC(C)(C)CN(C)C(=O)/C=C\C=O. The normalized spacial score (nSPS) is 11.8. The van der Waals surface area contributed by atoms with Crippen molar-refractivity contribution in [3.05, 3.63) is 12.2 Å². The Morgan fingerprint density at radius 3 is 2.05 bits per heavy atom. The molecule has 0 aliphatic carbocycles. The quantitative estimate of drug-likeness (QED) is 0.481. The Hall–Kier alpha value is -1.16. The van der Waals surface area contributed by atoms with Gasteiger partial charge in [0.25, 0.3) is 0 Å². The van der Waals surface area contributed by atoms with Gasteiger partial charge in [0.05, 0.1) is 13.2 Å². The first kappa shape index (κ1) is 23.1. The molecule has 4 nitrogen and oxygen atoms in total. The van der Waals surface area contributed by atoms with Crippen molar-refractivity contribution < 1.29 is 14.3 Å². The molecular weight excluding hydrogens is 278 g/mol. The summed E-state index contributed by atoms with van der Waals surface area (Å²) >= 11 is 0. The van der Waals surface area contributed by atoms with Gasteiger partial charge in [-0.1, -0.05) is 48.5 Å². The topological polar surface area (TPSA) is 46.6 Å². The Balaban J connectivity index is 0. The van der Waals surface area contributed by atoms with Gasteiger partial charge in [-0.15, -0.1) is 0 Å². The van der Waals surface area contributed by atoms with Crippen molar-refractivity contribution in [3.63, 3.8) is 0 Å². The lowest BCUT2D eigenvalue weighted by atomic mass is 9.91. The zero-order valence-corrected chi connectivity index (χ0v) is 15.7. The number of nitrogens with zero attached hydrogens (tertiary/aromatic N) is 1. The molecule has 0 fully saturated rings. The highest BCUT2D eigenvalue weighted by Crippen LogP contribution is 2.23. The Labute approximate surface area is 136 Å². The van der Waals surface area contributed by atoms with E-state index in [0.29, 0.717) is 19.4 Å². The van der Waals surface area contributed by atoms with Gasteiger partial charge in [-0.3, -0.25) is 9.59 Å². The van der Waals surface area contributed by atoms with Crippen molar-refractivity contribution in [1.82, 2.24) is 4.90 Å². The van der Waals surface area contributed by atoms with E-state index in [1.165, 1.54) is 12.2 Å². The zero-order valence-electron chi connectivity index (χ0n) is 15.7. The van der Waals surface area contributed by atoms with Gasteiger partial charge in [0, 0.05) is 25.1 Å². The monoisotopic (exact) mass is 313 g/mol. The summed E-state index contributed by atoms with van der Waals surface area (Å²) < 4.78 is 5.80. The molecule has 0 saturated heterocycles. The number of aldehydes is 1. The van der Waals surface area contributed by atoms with E-state index in [1.807, 2.05) is 13.8 Å². The van der Waals surface area contributed by atoms with E-state index < -0.39 is 0 Å². The van der Waals surface area contributed by atoms with Crippen molar-refractivity contribution in [2.45, 2.75) is 54.9 Å². The molecule has 4 heteroatoms. The highest BCUT2D eigenvalue weighted by atomic mass is 16.5. The van der Waals surface area contributed by atoms with E-state index in [-0.39, 0.29) is 16.7 Å². The molecule has 0 heterocycles. The molecule has 0 aromatic rings. The van der Waals surface area contributed by atoms with E-state index >= 15 is 0 Å². The molecule has 0 aliphatic rings. The van der Waals surface area contributed by atoms with Crippen LogP contribution in [-0.2, 0) is 14.3 Å². The van der Waals surface area contributed by atoms with Crippen LogP contribution < -0.4 is 0 Å². The number of allylic oxidation sites excluding steroid dienone is 1. The number of carbonyl (C=O) groups is 2. The smallest absolute Gasteiger partial charge is 0.246 e. The predicted molar refractivity (Wildman–Crippen MR) is 92.9 cm³/mol. The Bertz CT molecular complexity index is 346. The second-order valence-electron chi connectivity index (χ2n) is 6.86. The van der Waals surface area contributed by atoms with Gasteiger partial charge in [0.1, 0.15) is 6.29 Å². The molecule has 0 N–H and O–H groups in total. The second kappa shape index (κ2) is 11.4. The van der Waals surface area contributed by atoms with Gasteiger partial charge < -0.3 is 9.64 Å². The summed E-state index contributed by atoms with van der Waals surface area (Å²) in [6.07, 6.45) is 4.17. The zero-order chi connectivity index (χ0) is 17.8. The molecule has 1 amide bonds. The summed E-state index contributed by atoms with van der Waals surface area (Å²) in [5, 5.41) is 0. The van der Waals surface area contributed by atoms with Crippen molar-refractivity contribution in [2.24, 2.45) is 10.8 Å². The summed E-state index contributed by atoms with van der Waals surface area (Å²) in [7, 11) is 1.73. The molecule has 130 valence electrons. The lowest BCUT2D eigenvalue weighted by Gasteiger charge is -2.31. The van der Waals surface area contributed by atoms with Crippen LogP contribution >= 0.6 is 0 Å². The average molecular weight is 313 g/mol. The van der Waals surface area contributed by atoms with Crippen molar-refractivity contribution in [2.75, 3.05) is 26.8 Å². The van der Waals surface area contributed by atoms with Crippen LogP contribution in [0.15, 0.2) is 12.2 Å². The number of likely N-dealkylation sites (N-methyl/N-ethyl adjacent to an activating group) is 1. The van der Waals surface area contributed by atoms with Crippen LogP contribution in [0.1, 0.15) is 54.9 Å². The van der Waals surface area contributed by atoms with Crippen molar-refractivity contribution in [3.8, 4) is 0 Å². The van der Waals surface area contributed by atoms with Crippen LogP contribution in [0, 0.1) is 10.8 Å². The Morgan fingerprint density at radius 1 is 1.09 bits per heavy atom. The summed E-state index contributed by atoms with van der Waals surface area (Å²) in [5.74, 6) is -0.168. The van der Waals surface area contributed by atoms with Crippen LogP contribution in [0.2, 0.25) is 0 Å². The number of rotatable bonds is 9. The van der Waals surface area contributed by atoms with Crippen LogP contribution in [-0.4, -0.2) is 43.9 Å². The van der Waals surface area contributed by atoms with Crippen LogP contribution in [0.25, 0.3) is 0 Å². The van der Waals surface area contributed by atoms with Crippen molar-refractivity contribution in [1.29, 1.82) is 0 Å². The third kappa shape index (κ3) is 11.5. The van der Waals surface area contributed by atoms with E-state index in [4.69, 9.17) is 4.74 Å². The van der Waals surface area contributed by atoms with Crippen LogP contribution in [0.4, 0.5) is 0 Å². The van der Waals surface area contributed by atoms with E-state index in [0.717, 1.165) is 13.0 Å². The van der Waals surface area contributed by atoms with E-state index in [1.54, 1.807) is 11.9 Å². The van der Waals surface area contributed by atoms with Crippen molar-refractivity contribution >= 4 is 12.2 Å². The second-order valence-corrected chi connectivity index (χ2v) is 6.86. The minimum atomic E-state index is -0.168. The standard InChI is InChI=1S/C16H29NO3.C2H6/c1-7-15(2,3)12-20-13-16(4,5)11-17(6)14(19)9-8-10-18;1-2/h8-10H,7,11-13H2,1-6H3;1-2H3/b9-8-;. The molecule has 0 saturated carbocycles. The third-order valence-corrected chi connectivity index (χ3v) is 3.30. The molecule has 0 spiro atoms. The van der Waals surface area contributed by atoms with E-state index in [9.17, 15) is 9.59 Å². The molecule has 0 aromatic carbocycles. The summed E-state index contributed by atoms with van der Waals surface area (Å²) in [6, 6.07) is 0. The minimum Gasteiger partial charge on any atom is -0.380 e. The summed E-state index contributed by atoms with van der Waals surface area (Å²) in [6.45, 7) is 16.6. The maximum Gasteiger partial charge on any atom is 0.246 e. The first-order valence-corrected chi connectivity index (χ1v) is 8.08. The number of ether oxygens (including phenoxy) is 1. The molecular formula is C18H35NO3. The van der Waals surface area contributed by atoms with E-state index in [2.05, 4.69) is 34.6 Å². The highest BCUT2D eigenvalue weighted by molar-refractivity contribution is 5.90. The first-order valence-electron chi connectivity index (χ1n) is 8.08. The molecule has 22 heavy (non-hydrogen) atoms. The van der Waals surface area contributed by atoms with Gasteiger partial charge >= 0.3 is 0 Å². The number of hydrogen-bond acceptors (Lipinski definition) is 3. The molecule has 0 aromatic heterocycles. The maximum absolute atomic E-state index is 11.7. The van der Waals surface area contributed by atoms with Gasteiger partial charge in [0.15, 0.2) is 0 Å². The molecule has 0 aliphatic heterocycles. The number of hydrogen-bond donors (Lipinski definition) is 0. The fourth-order valence-electron chi connectivity index (χ4n) is 1.72. The Morgan fingerprint density at radius 2 is 1.59 bits per heavy atom. The molecule has 0 radical (unpaired) electrons. The fraction of sp³-hybridized carbons (Fsp3) is 0.778. The predicted octanol–water partition coefficient (Wildman–Crippen LogP) is 3.71. The lowest BCUT2D eigenvalue weighted by Crippen LogP contribution is -2.38. The van der Waals surface area contributed by atoms with Crippen LogP contribution in [0.5, 0.6) is 0 Å². The minimum absolute atomic E-state index is 0.122. The summed E-state index contributed by atoms with van der Waals surface area (Å²) in [4.78, 5) is 23.5. The van der Waals surface area contributed by atoms with Gasteiger partial charge in [-0.2, -0.15) is 0 Å². The van der Waals surface area contributed by atoms with Gasteiger partial charge in [-0.25, -0.2) is 0 Å². The average Bonchev–Trinajstić information content (AvgIpc) is 2.45. The molecule has 0 bridgehead atoms. The van der Waals surface area contributed by atoms with Gasteiger partial charge in [0.2, 0.25) is 5.91 Å². The largest absolute Gasteiger partial charge is 0.380 e. The number of amides is 1.